The number of benzene rings is 1. The van der Waals surface area contributed by atoms with Crippen molar-refractivity contribution < 1.29 is 9.13 Å². The van der Waals surface area contributed by atoms with Crippen molar-refractivity contribution in [2.24, 2.45) is 5.92 Å². The van der Waals surface area contributed by atoms with Crippen molar-refractivity contribution >= 4 is 11.6 Å². The quantitative estimate of drug-likeness (QED) is 0.882. The summed E-state index contributed by atoms with van der Waals surface area (Å²) in [6.07, 6.45) is 0.956. The highest BCUT2D eigenvalue weighted by Crippen LogP contribution is 2.31. The predicted molar refractivity (Wildman–Crippen MR) is 62.1 cm³/mol. The van der Waals surface area contributed by atoms with E-state index in [-0.39, 0.29) is 11.9 Å². The van der Waals surface area contributed by atoms with Gasteiger partial charge >= 0.3 is 0 Å². The van der Waals surface area contributed by atoms with Crippen LogP contribution in [0.2, 0.25) is 5.02 Å². The fraction of sp³-hybridized carbons (Fsp3) is 0.500. The first kappa shape index (κ1) is 11.8. The van der Waals surface area contributed by atoms with Crippen LogP contribution in [0.5, 0.6) is 0 Å². The lowest BCUT2D eigenvalue weighted by molar-refractivity contribution is 0.177. The average molecular weight is 244 g/mol. The van der Waals surface area contributed by atoms with E-state index in [9.17, 15) is 4.39 Å². The van der Waals surface area contributed by atoms with Crippen LogP contribution in [-0.4, -0.2) is 20.3 Å². The highest BCUT2D eigenvalue weighted by atomic mass is 35.5. The van der Waals surface area contributed by atoms with Crippen molar-refractivity contribution in [1.29, 1.82) is 0 Å². The van der Waals surface area contributed by atoms with E-state index in [2.05, 4.69) is 5.32 Å². The van der Waals surface area contributed by atoms with Crippen LogP contribution in [0.4, 0.5) is 4.39 Å². The first-order valence-electron chi connectivity index (χ1n) is 5.42. The standard InChI is InChI=1S/C12H15ClFNO/c1-15-12(8-4-5-16-7-8)10-6-9(13)2-3-11(10)14/h2-3,6,8,12,15H,4-5,7H2,1H3. The Morgan fingerprint density at radius 1 is 1.56 bits per heavy atom. The number of ether oxygens (including phenoxy) is 1. The summed E-state index contributed by atoms with van der Waals surface area (Å²) >= 11 is 5.90. The molecule has 1 aromatic carbocycles. The van der Waals surface area contributed by atoms with E-state index in [0.29, 0.717) is 23.1 Å². The monoisotopic (exact) mass is 243 g/mol. The van der Waals surface area contributed by atoms with Gasteiger partial charge in [0.1, 0.15) is 5.82 Å². The van der Waals surface area contributed by atoms with E-state index >= 15 is 0 Å². The maximum atomic E-state index is 13.7. The first-order valence-corrected chi connectivity index (χ1v) is 5.80. The highest BCUT2D eigenvalue weighted by molar-refractivity contribution is 6.30. The fourth-order valence-corrected chi connectivity index (χ4v) is 2.39. The normalized spacial score (nSPS) is 22.3. The Kier molecular flexibility index (Phi) is 3.79. The molecule has 0 radical (unpaired) electrons. The zero-order valence-corrected chi connectivity index (χ0v) is 9.93. The molecule has 2 atom stereocenters. The van der Waals surface area contributed by atoms with Gasteiger partial charge < -0.3 is 10.1 Å². The summed E-state index contributed by atoms with van der Waals surface area (Å²) in [5, 5.41) is 3.72. The molecule has 4 heteroatoms. The molecule has 2 unspecified atom stereocenters. The van der Waals surface area contributed by atoms with Gasteiger partial charge in [0.25, 0.3) is 0 Å². The third kappa shape index (κ3) is 2.37. The molecule has 0 amide bonds. The third-order valence-electron chi connectivity index (χ3n) is 3.04. The second-order valence-corrected chi connectivity index (χ2v) is 4.49. The zero-order valence-electron chi connectivity index (χ0n) is 9.17. The molecule has 1 fully saturated rings. The molecule has 2 nitrogen and oxygen atoms in total. The Bertz CT molecular complexity index is 366. The van der Waals surface area contributed by atoms with E-state index in [0.717, 1.165) is 13.0 Å². The number of rotatable bonds is 3. The predicted octanol–water partition coefficient (Wildman–Crippen LogP) is 2.78. The van der Waals surface area contributed by atoms with Gasteiger partial charge in [-0.3, -0.25) is 0 Å². The van der Waals surface area contributed by atoms with E-state index in [4.69, 9.17) is 16.3 Å². The Morgan fingerprint density at radius 3 is 3.00 bits per heavy atom. The van der Waals surface area contributed by atoms with Crippen LogP contribution in [0.15, 0.2) is 18.2 Å². The average Bonchev–Trinajstić information content (AvgIpc) is 2.78. The molecular weight excluding hydrogens is 229 g/mol. The maximum absolute atomic E-state index is 13.7. The topological polar surface area (TPSA) is 21.3 Å². The van der Waals surface area contributed by atoms with Gasteiger partial charge in [0, 0.05) is 29.2 Å². The molecule has 16 heavy (non-hydrogen) atoms. The summed E-state index contributed by atoms with van der Waals surface area (Å²) in [7, 11) is 1.84. The molecule has 1 heterocycles. The van der Waals surface area contributed by atoms with Gasteiger partial charge in [-0.1, -0.05) is 11.6 Å². The van der Waals surface area contributed by atoms with Crippen molar-refractivity contribution in [1.82, 2.24) is 5.32 Å². The molecule has 0 bridgehead atoms. The first-order chi connectivity index (χ1) is 7.72. The molecule has 1 aliphatic heterocycles. The lowest BCUT2D eigenvalue weighted by atomic mass is 9.92. The molecule has 0 spiro atoms. The molecule has 0 aromatic heterocycles. The lowest BCUT2D eigenvalue weighted by Gasteiger charge is -2.22. The van der Waals surface area contributed by atoms with Gasteiger partial charge in [0.2, 0.25) is 0 Å². The minimum Gasteiger partial charge on any atom is -0.381 e. The molecular formula is C12H15ClFNO. The Balaban J connectivity index is 2.28. The highest BCUT2D eigenvalue weighted by Gasteiger charge is 2.27. The number of hydrogen-bond acceptors (Lipinski definition) is 2. The van der Waals surface area contributed by atoms with Crippen molar-refractivity contribution in [3.8, 4) is 0 Å². The Hall–Kier alpha value is -0.640. The summed E-state index contributed by atoms with van der Waals surface area (Å²) in [6, 6.07) is 4.65. The molecule has 0 aliphatic carbocycles. The van der Waals surface area contributed by atoms with Crippen LogP contribution in [0.3, 0.4) is 0 Å². The summed E-state index contributed by atoms with van der Waals surface area (Å²) in [5.74, 6) is 0.105. The van der Waals surface area contributed by atoms with Crippen molar-refractivity contribution in [3.05, 3.63) is 34.6 Å². The number of hydrogen-bond donors (Lipinski definition) is 1. The molecule has 2 rings (SSSR count). The van der Waals surface area contributed by atoms with Crippen LogP contribution in [0.25, 0.3) is 0 Å². The minimum atomic E-state index is -0.212. The smallest absolute Gasteiger partial charge is 0.128 e. The van der Waals surface area contributed by atoms with Gasteiger partial charge in [-0.15, -0.1) is 0 Å². The van der Waals surface area contributed by atoms with Crippen molar-refractivity contribution in [2.45, 2.75) is 12.5 Å². The largest absolute Gasteiger partial charge is 0.381 e. The molecule has 1 N–H and O–H groups in total. The van der Waals surface area contributed by atoms with E-state index in [1.165, 1.54) is 6.07 Å². The summed E-state index contributed by atoms with van der Waals surface area (Å²) in [4.78, 5) is 0. The maximum Gasteiger partial charge on any atom is 0.128 e. The SMILES string of the molecule is CNC(c1cc(Cl)ccc1F)C1CCOC1. The zero-order chi connectivity index (χ0) is 11.5. The molecule has 88 valence electrons. The molecule has 1 saturated heterocycles. The minimum absolute atomic E-state index is 0.0267. The Labute approximate surface area is 99.7 Å². The van der Waals surface area contributed by atoms with Crippen molar-refractivity contribution in [2.75, 3.05) is 20.3 Å². The molecule has 1 aliphatic rings. The van der Waals surface area contributed by atoms with Gasteiger partial charge in [-0.25, -0.2) is 4.39 Å². The van der Waals surface area contributed by atoms with Gasteiger partial charge in [-0.05, 0) is 31.7 Å². The second kappa shape index (κ2) is 5.13. The second-order valence-electron chi connectivity index (χ2n) is 4.06. The summed E-state index contributed by atoms with van der Waals surface area (Å²) in [5.41, 5.74) is 0.630. The van der Waals surface area contributed by atoms with Crippen LogP contribution < -0.4 is 5.32 Å². The van der Waals surface area contributed by atoms with Crippen molar-refractivity contribution in [3.63, 3.8) is 0 Å². The lowest BCUT2D eigenvalue weighted by Crippen LogP contribution is -2.26. The van der Waals surface area contributed by atoms with E-state index in [1.54, 1.807) is 12.1 Å². The van der Waals surface area contributed by atoms with Gasteiger partial charge in [-0.2, -0.15) is 0 Å². The number of halogens is 2. The van der Waals surface area contributed by atoms with Gasteiger partial charge in [0.05, 0.1) is 6.61 Å². The van der Waals surface area contributed by atoms with Gasteiger partial charge in [0.15, 0.2) is 0 Å². The van der Waals surface area contributed by atoms with Crippen LogP contribution in [0, 0.1) is 11.7 Å². The Morgan fingerprint density at radius 2 is 2.38 bits per heavy atom. The number of nitrogens with one attached hydrogen (secondary N) is 1. The third-order valence-corrected chi connectivity index (χ3v) is 3.28. The van der Waals surface area contributed by atoms with E-state index in [1.807, 2.05) is 7.05 Å². The molecule has 0 saturated carbocycles. The van der Waals surface area contributed by atoms with Crippen LogP contribution in [0.1, 0.15) is 18.0 Å². The fourth-order valence-electron chi connectivity index (χ4n) is 2.21. The molecule has 1 aromatic rings. The summed E-state index contributed by atoms with van der Waals surface area (Å²) in [6.45, 7) is 1.43. The van der Waals surface area contributed by atoms with Crippen LogP contribution >= 0.6 is 11.6 Å². The van der Waals surface area contributed by atoms with E-state index < -0.39 is 0 Å². The summed E-state index contributed by atoms with van der Waals surface area (Å²) < 4.78 is 19.1. The van der Waals surface area contributed by atoms with Crippen LogP contribution in [-0.2, 0) is 4.74 Å².